The fourth-order valence-corrected chi connectivity index (χ4v) is 4.49. The molecule has 12 heteroatoms. The number of benzene rings is 2. The number of pyridine rings is 1. The van der Waals surface area contributed by atoms with Crippen LogP contribution in [0, 0.1) is 12.7 Å². The Labute approximate surface area is 246 Å². The predicted molar refractivity (Wildman–Crippen MR) is 161 cm³/mol. The van der Waals surface area contributed by atoms with Gasteiger partial charge in [0.05, 0.1) is 34.5 Å². The molecule has 0 spiro atoms. The van der Waals surface area contributed by atoms with Crippen LogP contribution >= 0.6 is 0 Å². The Balaban J connectivity index is 1.24. The van der Waals surface area contributed by atoms with Crippen LogP contribution in [0.4, 0.5) is 20.7 Å². The first-order chi connectivity index (χ1) is 20.7. The maximum Gasteiger partial charge on any atom is 0.324 e. The quantitative estimate of drug-likeness (QED) is 0.219. The van der Waals surface area contributed by atoms with Gasteiger partial charge in [-0.1, -0.05) is 19.9 Å². The molecule has 6 rings (SSSR count). The summed E-state index contributed by atoms with van der Waals surface area (Å²) in [5, 5.41) is 15.2. The molecule has 43 heavy (non-hydrogen) atoms. The number of urea groups is 1. The van der Waals surface area contributed by atoms with Crippen LogP contribution in [0.25, 0.3) is 27.8 Å². The normalized spacial score (nSPS) is 11.2. The monoisotopic (exact) mass is 577 g/mol. The highest BCUT2D eigenvalue weighted by Crippen LogP contribution is 2.30. The van der Waals surface area contributed by atoms with Crippen LogP contribution in [0.15, 0.2) is 79.4 Å². The Hall–Kier alpha value is -5.65. The second-order valence-electron chi connectivity index (χ2n) is 10.3. The zero-order valence-corrected chi connectivity index (χ0v) is 23.9. The van der Waals surface area contributed by atoms with Gasteiger partial charge in [-0.05, 0) is 54.8 Å². The molecule has 11 nitrogen and oxygen atoms in total. The number of hydrogen-bond donors (Lipinski definition) is 2. The van der Waals surface area contributed by atoms with Gasteiger partial charge in [-0.15, -0.1) is 0 Å². The summed E-state index contributed by atoms with van der Waals surface area (Å²) in [5.74, 6) is 0.203. The van der Waals surface area contributed by atoms with Crippen molar-refractivity contribution in [2.75, 3.05) is 10.6 Å². The van der Waals surface area contributed by atoms with Crippen LogP contribution < -0.4 is 15.4 Å². The number of nitrogens with zero attached hydrogens (tertiary/aromatic N) is 7. The van der Waals surface area contributed by atoms with Crippen LogP contribution in [0.3, 0.4) is 0 Å². The minimum absolute atomic E-state index is 0.0714. The minimum atomic E-state index is -0.651. The summed E-state index contributed by atoms with van der Waals surface area (Å²) in [6.45, 7) is 5.72. The number of ether oxygens (including phenoxy) is 1. The minimum Gasteiger partial charge on any atom is -0.424 e. The maximum absolute atomic E-state index is 15.0. The molecule has 216 valence electrons. The van der Waals surface area contributed by atoms with Crippen molar-refractivity contribution >= 4 is 28.4 Å². The van der Waals surface area contributed by atoms with Crippen molar-refractivity contribution in [3.8, 4) is 28.7 Å². The SMILES string of the molecule is Cc1cc(F)c(NC(=O)Nc2cc(C(C)C)nn2-c2ccc3ncccc3c2)cc1Oc1nccc(-c2cnn(C)c2)n1. The number of nitrogens with one attached hydrogen (secondary N) is 2. The number of anilines is 2. The highest BCUT2D eigenvalue weighted by Gasteiger charge is 2.18. The summed E-state index contributed by atoms with van der Waals surface area (Å²) in [7, 11) is 1.81. The lowest BCUT2D eigenvalue weighted by atomic mass is 10.1. The van der Waals surface area contributed by atoms with Gasteiger partial charge in [-0.3, -0.25) is 15.0 Å². The smallest absolute Gasteiger partial charge is 0.324 e. The Morgan fingerprint density at radius 1 is 1.02 bits per heavy atom. The first-order valence-electron chi connectivity index (χ1n) is 13.6. The standard InChI is InChI=1S/C31H28FN9O2/c1-18(2)26-15-29(41(39-26)22-7-8-24-20(13-22)6-5-10-33-24)38-30(42)36-27-14-28(19(3)12-23(27)32)43-31-34-11-9-25(37-31)21-16-35-40(4)17-21/h5-18H,1-4H3,(H2,36,38,42). The van der Waals surface area contributed by atoms with E-state index in [9.17, 15) is 9.18 Å². The van der Waals surface area contributed by atoms with Crippen molar-refractivity contribution in [2.24, 2.45) is 7.05 Å². The van der Waals surface area contributed by atoms with Crippen molar-refractivity contribution in [3.63, 3.8) is 0 Å². The van der Waals surface area contributed by atoms with Gasteiger partial charge >= 0.3 is 12.0 Å². The fourth-order valence-electron chi connectivity index (χ4n) is 4.49. The zero-order valence-electron chi connectivity index (χ0n) is 23.9. The van der Waals surface area contributed by atoms with Gasteiger partial charge in [0.2, 0.25) is 0 Å². The largest absolute Gasteiger partial charge is 0.424 e. The Morgan fingerprint density at radius 3 is 2.67 bits per heavy atom. The van der Waals surface area contributed by atoms with Gasteiger partial charge in [-0.25, -0.2) is 18.9 Å². The number of amides is 2. The van der Waals surface area contributed by atoms with E-state index in [0.717, 1.165) is 27.8 Å². The molecule has 4 aromatic heterocycles. The third-order valence-electron chi connectivity index (χ3n) is 6.74. The van der Waals surface area contributed by atoms with E-state index in [1.54, 1.807) is 47.0 Å². The molecule has 0 aliphatic heterocycles. The Kier molecular flexibility index (Phi) is 7.24. The number of carbonyl (C=O) groups is 1. The van der Waals surface area contributed by atoms with Gasteiger partial charge in [0, 0.05) is 48.7 Å². The lowest BCUT2D eigenvalue weighted by Gasteiger charge is -2.13. The van der Waals surface area contributed by atoms with E-state index >= 15 is 0 Å². The number of fused-ring (bicyclic) bond motifs is 1. The molecule has 0 aliphatic rings. The van der Waals surface area contributed by atoms with Crippen LogP contribution in [-0.2, 0) is 7.05 Å². The van der Waals surface area contributed by atoms with Crippen molar-refractivity contribution in [1.82, 2.24) is 34.5 Å². The topological polar surface area (TPSA) is 125 Å². The summed E-state index contributed by atoms with van der Waals surface area (Å²) in [4.78, 5) is 26.1. The van der Waals surface area contributed by atoms with Crippen molar-refractivity contribution in [3.05, 3.63) is 96.5 Å². The van der Waals surface area contributed by atoms with E-state index < -0.39 is 11.8 Å². The second-order valence-corrected chi connectivity index (χ2v) is 10.3. The molecule has 0 radical (unpaired) electrons. The number of aryl methyl sites for hydroxylation is 2. The molecular weight excluding hydrogens is 549 g/mol. The predicted octanol–water partition coefficient (Wildman–Crippen LogP) is 6.62. The van der Waals surface area contributed by atoms with Crippen molar-refractivity contribution in [2.45, 2.75) is 26.7 Å². The number of aromatic nitrogens is 7. The van der Waals surface area contributed by atoms with E-state index in [4.69, 9.17) is 9.84 Å². The summed E-state index contributed by atoms with van der Waals surface area (Å²) in [6, 6.07) is 15.2. The Bertz CT molecular complexity index is 1960. The maximum atomic E-state index is 15.0. The third-order valence-corrected chi connectivity index (χ3v) is 6.74. The molecule has 0 fully saturated rings. The molecule has 4 heterocycles. The molecule has 0 atom stereocenters. The molecular formula is C31H28FN9O2. The molecule has 6 aromatic rings. The average molecular weight is 578 g/mol. The zero-order chi connectivity index (χ0) is 30.1. The molecule has 0 unspecified atom stereocenters. The van der Waals surface area contributed by atoms with E-state index in [-0.39, 0.29) is 23.4 Å². The molecule has 0 saturated carbocycles. The van der Waals surface area contributed by atoms with Crippen LogP contribution in [0.2, 0.25) is 0 Å². The van der Waals surface area contributed by atoms with Gasteiger partial charge in [-0.2, -0.15) is 15.2 Å². The molecule has 2 amide bonds. The van der Waals surface area contributed by atoms with Gasteiger partial charge < -0.3 is 10.1 Å². The highest BCUT2D eigenvalue weighted by atomic mass is 19.1. The van der Waals surface area contributed by atoms with E-state index in [1.165, 1.54) is 12.1 Å². The molecule has 0 saturated heterocycles. The Morgan fingerprint density at radius 2 is 1.88 bits per heavy atom. The van der Waals surface area contributed by atoms with Crippen molar-refractivity contribution < 1.29 is 13.9 Å². The number of rotatable bonds is 7. The van der Waals surface area contributed by atoms with E-state index in [1.807, 2.05) is 57.4 Å². The highest BCUT2D eigenvalue weighted by molar-refractivity contribution is 5.99. The molecule has 0 bridgehead atoms. The fraction of sp³-hybridized carbons (Fsp3) is 0.161. The van der Waals surface area contributed by atoms with Gasteiger partial charge in [0.25, 0.3) is 0 Å². The number of carbonyl (C=O) groups excluding carboxylic acids is 1. The molecule has 0 aliphatic carbocycles. The number of hydrogen-bond acceptors (Lipinski definition) is 7. The van der Waals surface area contributed by atoms with Crippen molar-refractivity contribution in [1.29, 1.82) is 0 Å². The van der Waals surface area contributed by atoms with Crippen LogP contribution in [0.5, 0.6) is 11.8 Å². The first-order valence-corrected chi connectivity index (χ1v) is 13.6. The molecule has 2 N–H and O–H groups in total. The molecule has 2 aromatic carbocycles. The summed E-state index contributed by atoms with van der Waals surface area (Å²) in [5.41, 5.74) is 4.22. The van der Waals surface area contributed by atoms with Gasteiger partial charge in [0.15, 0.2) is 0 Å². The van der Waals surface area contributed by atoms with Crippen LogP contribution in [0.1, 0.15) is 31.0 Å². The first kappa shape index (κ1) is 27.5. The lowest BCUT2D eigenvalue weighted by molar-refractivity contribution is 0.262. The van der Waals surface area contributed by atoms with Crippen LogP contribution in [-0.4, -0.2) is 40.5 Å². The lowest BCUT2D eigenvalue weighted by Crippen LogP contribution is -2.22. The number of halogens is 1. The second kappa shape index (κ2) is 11.3. The summed E-state index contributed by atoms with van der Waals surface area (Å²) in [6.07, 6.45) is 6.81. The summed E-state index contributed by atoms with van der Waals surface area (Å²) >= 11 is 0. The van der Waals surface area contributed by atoms with Gasteiger partial charge in [0.1, 0.15) is 17.4 Å². The van der Waals surface area contributed by atoms with E-state index in [0.29, 0.717) is 17.1 Å². The van der Waals surface area contributed by atoms with E-state index in [2.05, 4.69) is 30.7 Å². The average Bonchev–Trinajstić information content (AvgIpc) is 3.62. The summed E-state index contributed by atoms with van der Waals surface area (Å²) < 4.78 is 24.2. The third kappa shape index (κ3) is 5.89.